The molecule has 4 amide bonds. The molecule has 21 heteroatoms. The van der Waals surface area contributed by atoms with Gasteiger partial charge in [-0.2, -0.15) is 0 Å². The zero-order valence-corrected chi connectivity index (χ0v) is 54.3. The molecule has 7 atom stereocenters. The summed E-state index contributed by atoms with van der Waals surface area (Å²) in [7, 11) is 0. The average Bonchev–Trinajstić information content (AvgIpc) is 1.51. The van der Waals surface area contributed by atoms with E-state index in [1.807, 2.05) is 70.5 Å². The summed E-state index contributed by atoms with van der Waals surface area (Å²) < 4.78 is 39.4. The molecule has 1 saturated heterocycles. The number of aliphatic hydroxyl groups excluding tert-OH is 1. The molecule has 11 rings (SSSR count). The summed E-state index contributed by atoms with van der Waals surface area (Å²) in [6.45, 7) is 12.1. The second-order valence-electron chi connectivity index (χ2n) is 26.7. The molecule has 2 spiro atoms. The summed E-state index contributed by atoms with van der Waals surface area (Å²) in [5, 5.41) is 23.5. The number of thiazole rings is 1. The number of likely N-dealkylation sites (N-methyl/N-ethyl adjacent to an activating group) is 1. The number of Topliss-reactive ketones (excluding diaryl/α,β-unsaturated/α-hetero) is 2. The Hall–Kier alpha value is -5.22. The van der Waals surface area contributed by atoms with Crippen molar-refractivity contribution in [2.24, 2.45) is 22.7 Å². The molecule has 89 heavy (non-hydrogen) atoms. The van der Waals surface area contributed by atoms with Gasteiger partial charge in [-0.05, 0) is 130 Å². The summed E-state index contributed by atoms with van der Waals surface area (Å²) in [6.07, 6.45) is 8.41. The summed E-state index contributed by atoms with van der Waals surface area (Å²) in [5.41, 5.74) is 2.51. The number of fused-ring (bicyclic) bond motifs is 6. The van der Waals surface area contributed by atoms with Crippen molar-refractivity contribution in [3.8, 4) is 10.4 Å². The van der Waals surface area contributed by atoms with Gasteiger partial charge in [0.15, 0.2) is 5.78 Å². The van der Waals surface area contributed by atoms with Crippen LogP contribution in [0.25, 0.3) is 10.4 Å². The number of rotatable bonds is 27. The maximum atomic E-state index is 16.7. The van der Waals surface area contributed by atoms with Crippen LogP contribution in [0.3, 0.4) is 0 Å². The molecule has 5 saturated carbocycles. The van der Waals surface area contributed by atoms with Crippen LogP contribution in [0.1, 0.15) is 152 Å². The molecular weight excluding hydrogens is 1200 g/mol. The van der Waals surface area contributed by atoms with E-state index in [9.17, 15) is 24.3 Å². The van der Waals surface area contributed by atoms with E-state index in [2.05, 4.69) is 31.2 Å². The van der Waals surface area contributed by atoms with Crippen LogP contribution in [-0.2, 0) is 59.7 Å². The first-order chi connectivity index (χ1) is 42.7. The number of aromatic nitrogens is 1. The molecule has 1 aromatic heterocycles. The number of benzene rings is 3. The highest BCUT2D eigenvalue weighted by molar-refractivity contribution is 7.13. The van der Waals surface area contributed by atoms with Gasteiger partial charge in [-0.1, -0.05) is 113 Å². The Kier molecular flexibility index (Phi) is 21.2. The van der Waals surface area contributed by atoms with Crippen molar-refractivity contribution in [2.75, 3.05) is 64.7 Å². The van der Waals surface area contributed by atoms with Gasteiger partial charge in [0, 0.05) is 58.6 Å². The lowest BCUT2D eigenvalue weighted by Crippen LogP contribution is -2.63. The Morgan fingerprint density at radius 3 is 2.12 bits per heavy atom. The number of nitrogens with zero attached hydrogens (tertiary/aromatic N) is 2. The summed E-state index contributed by atoms with van der Waals surface area (Å²) in [5.74, 6) is -4.37. The smallest absolute Gasteiger partial charge is 0.246 e. The fourth-order valence-electron chi connectivity index (χ4n) is 16.0. The van der Waals surface area contributed by atoms with Crippen molar-refractivity contribution >= 4 is 75.4 Å². The molecule has 0 radical (unpaired) electrons. The first-order valence-corrected chi connectivity index (χ1v) is 33.6. The molecule has 2 aliphatic heterocycles. The van der Waals surface area contributed by atoms with Crippen molar-refractivity contribution in [3.05, 3.63) is 104 Å². The minimum absolute atomic E-state index is 0.0648. The first-order valence-electron chi connectivity index (χ1n) is 31.9. The zero-order chi connectivity index (χ0) is 63.3. The van der Waals surface area contributed by atoms with E-state index in [0.717, 1.165) is 46.5 Å². The number of carbonyl (C=O) groups is 6. The van der Waals surface area contributed by atoms with E-state index < -0.39 is 75.0 Å². The number of aliphatic hydroxyl groups is 1. The molecule has 5 N–H and O–H groups in total. The predicted octanol–water partition coefficient (Wildman–Crippen LogP) is 10.4. The highest BCUT2D eigenvalue weighted by Crippen LogP contribution is 2.67. The maximum Gasteiger partial charge on any atom is 0.246 e. The van der Waals surface area contributed by atoms with Gasteiger partial charge in [-0.25, -0.2) is 9.37 Å². The number of nitrogens with one attached hydrogen (secondary N) is 4. The Morgan fingerprint density at radius 1 is 0.831 bits per heavy atom. The lowest BCUT2D eigenvalue weighted by atomic mass is 9.54. The van der Waals surface area contributed by atoms with Crippen molar-refractivity contribution < 1.29 is 57.2 Å². The molecule has 6 fully saturated rings. The summed E-state index contributed by atoms with van der Waals surface area (Å²) in [6, 6.07) is 16.4. The first kappa shape index (κ1) is 66.7. The topological polar surface area (TPSA) is 224 Å². The van der Waals surface area contributed by atoms with Gasteiger partial charge in [-0.15, -0.1) is 11.3 Å². The molecule has 7 aliphatic rings. The van der Waals surface area contributed by atoms with Crippen LogP contribution in [0.4, 0.5) is 10.1 Å². The van der Waals surface area contributed by atoms with Crippen LogP contribution in [0.5, 0.6) is 0 Å². The number of ether oxygens (including phenoxy) is 4. The van der Waals surface area contributed by atoms with Crippen LogP contribution in [0.15, 0.2) is 66.2 Å². The van der Waals surface area contributed by atoms with E-state index in [1.54, 1.807) is 35.6 Å². The Balaban J connectivity index is 0.614. The van der Waals surface area contributed by atoms with Gasteiger partial charge < -0.3 is 45.3 Å². The number of likely N-dealkylation sites (tertiary alicyclic amines) is 1. The predicted molar refractivity (Wildman–Crippen MR) is 339 cm³/mol. The second-order valence-corrected chi connectivity index (χ2v) is 28.3. The number of halogens is 3. The lowest BCUT2D eigenvalue weighted by Gasteiger charge is -2.53. The quantitative estimate of drug-likeness (QED) is 0.0351. The van der Waals surface area contributed by atoms with Crippen molar-refractivity contribution in [3.63, 3.8) is 0 Å². The van der Waals surface area contributed by atoms with Crippen LogP contribution < -0.4 is 21.3 Å². The van der Waals surface area contributed by atoms with Crippen molar-refractivity contribution in [2.45, 2.75) is 178 Å². The number of carbonyl (C=O) groups excluding carboxylic acids is 6. The molecule has 1 unspecified atom stereocenters. The van der Waals surface area contributed by atoms with E-state index in [1.165, 1.54) is 6.07 Å². The van der Waals surface area contributed by atoms with Gasteiger partial charge in [0.25, 0.3) is 0 Å². The average molecular weight is 1290 g/mol. The van der Waals surface area contributed by atoms with E-state index in [0.29, 0.717) is 114 Å². The van der Waals surface area contributed by atoms with Gasteiger partial charge in [-0.3, -0.25) is 33.7 Å². The monoisotopic (exact) mass is 1280 g/mol. The van der Waals surface area contributed by atoms with Gasteiger partial charge in [0.1, 0.15) is 23.6 Å². The van der Waals surface area contributed by atoms with E-state index in [-0.39, 0.29) is 79.1 Å². The number of hydrogen-bond acceptors (Lipinski definition) is 14. The molecule has 3 aromatic carbocycles. The molecule has 2 bridgehead atoms. The molecule has 17 nitrogen and oxygen atoms in total. The largest absolute Gasteiger partial charge is 0.393 e. The van der Waals surface area contributed by atoms with Gasteiger partial charge >= 0.3 is 0 Å². The minimum Gasteiger partial charge on any atom is -0.393 e. The third-order valence-corrected chi connectivity index (χ3v) is 21.9. The van der Waals surface area contributed by atoms with Crippen LogP contribution in [0.2, 0.25) is 10.0 Å². The third kappa shape index (κ3) is 13.7. The Labute approximate surface area is 536 Å². The minimum atomic E-state index is -1.31. The third-order valence-electron chi connectivity index (χ3n) is 20.4. The number of amides is 4. The van der Waals surface area contributed by atoms with E-state index >= 15 is 14.0 Å². The molecule has 482 valence electrons. The van der Waals surface area contributed by atoms with Crippen molar-refractivity contribution in [1.82, 2.24) is 25.8 Å². The standard InChI is InChI=1S/C68H87Cl2FN6O11S/c1-6-77-57(55(47-12-10-13-51(70)56(47)71)68(67(77)21-8-7-9-22-67)50-20-19-45(69)36-52(50)74-63(68)84)62(83)76-66-26-23-65(24-27-66,25-28-66)53(79)14-11-29-85-30-31-86-32-33-87-34-35-88-40-54(80)75-60(64(3,4)5)58(81)48-37-46(78)38-49(48)61(82)72-39-43-15-17-44(18-16-43)59-42(2)73-41-89-59/h10,12-13,15-20,36,41,46,48-49,55,57,60,78H,6-9,11,14,21-35,37-40H2,1-5H3,(H,72,82)(H,74,84)(H,75,80)(H,76,83)/t46-,48?,49+,55-,57+,60+,65?,66?,68+/m0/s1. The molecule has 4 aromatic rings. The second kappa shape index (κ2) is 28.3. The van der Waals surface area contributed by atoms with Gasteiger partial charge in [0.2, 0.25) is 23.6 Å². The van der Waals surface area contributed by atoms with Crippen LogP contribution >= 0.6 is 34.5 Å². The number of anilines is 1. The van der Waals surface area contributed by atoms with E-state index in [4.69, 9.17) is 42.1 Å². The summed E-state index contributed by atoms with van der Waals surface area (Å²) in [4.78, 5) is 92.9. The normalized spacial score (nSPS) is 26.5. The number of ketones is 2. The number of aryl methyl sites for hydroxylation is 1. The SMILES string of the molecule is CCN1[C@@H](C(=O)NC23CCC(C(=O)CCCOCCOCCOCCOCC(=O)N[C@H](C(=O)C4C[C@H](O)C[C@H]4C(=O)NCc4ccc(-c5scnc5C)cc4)C(C)(C)C)(CC2)CC3)[C@H](c2cccc(Cl)c2F)[C@]2(C(=O)Nc3cc(Cl)ccc32)C12CCCCC2. The maximum absolute atomic E-state index is 16.7. The fourth-order valence-corrected chi connectivity index (χ4v) is 17.2. The molecule has 5 aliphatic carbocycles. The van der Waals surface area contributed by atoms with Crippen LogP contribution in [-0.4, -0.2) is 139 Å². The number of hydrogen-bond donors (Lipinski definition) is 5. The molecular formula is C68H87Cl2FN6O11S. The Morgan fingerprint density at radius 2 is 1.48 bits per heavy atom. The fraction of sp³-hybridized carbons (Fsp3) is 0.603. The lowest BCUT2D eigenvalue weighted by molar-refractivity contribution is -0.139. The highest BCUT2D eigenvalue weighted by atomic mass is 35.5. The highest BCUT2D eigenvalue weighted by Gasteiger charge is 2.75. The molecule has 3 heterocycles. The summed E-state index contributed by atoms with van der Waals surface area (Å²) >= 11 is 14.6. The Bertz CT molecular complexity index is 3200. The van der Waals surface area contributed by atoms with Crippen LogP contribution in [0, 0.1) is 35.4 Å². The zero-order valence-electron chi connectivity index (χ0n) is 52.0. The van der Waals surface area contributed by atoms with Gasteiger partial charge in [0.05, 0.1) is 84.9 Å². The van der Waals surface area contributed by atoms with Crippen molar-refractivity contribution in [1.29, 1.82) is 0 Å².